The predicted octanol–water partition coefficient (Wildman–Crippen LogP) is -0.154. The van der Waals surface area contributed by atoms with Crippen LogP contribution in [0.3, 0.4) is 0 Å². The van der Waals surface area contributed by atoms with Crippen LogP contribution in [0, 0.1) is 5.92 Å². The van der Waals surface area contributed by atoms with Crippen molar-refractivity contribution in [3.05, 3.63) is 0 Å². The molecular weight excluding hydrogens is 242 g/mol. The van der Waals surface area contributed by atoms with E-state index in [1.165, 1.54) is 0 Å². The smallest absolute Gasteiger partial charge is 0.326 e. The first-order chi connectivity index (χ1) is 8.45. The highest BCUT2D eigenvalue weighted by Gasteiger charge is 2.35. The highest BCUT2D eigenvalue weighted by atomic mass is 16.5. The lowest BCUT2D eigenvalue weighted by Gasteiger charge is -2.19. The molecule has 1 rings (SSSR count). The number of rotatable bonds is 6. The Kier molecular flexibility index (Phi) is 5.08. The number of hydrogen-bond donors (Lipinski definition) is 3. The van der Waals surface area contributed by atoms with Crippen LogP contribution in [0.5, 0.6) is 0 Å². The summed E-state index contributed by atoms with van der Waals surface area (Å²) in [4.78, 5) is 33.2. The van der Waals surface area contributed by atoms with Gasteiger partial charge in [-0.05, 0) is 12.8 Å². The molecule has 1 aliphatic rings. The second kappa shape index (κ2) is 6.34. The summed E-state index contributed by atoms with van der Waals surface area (Å²) in [6, 6.07) is -1.40. The Bertz CT molecular complexity index is 342. The summed E-state index contributed by atoms with van der Waals surface area (Å²) in [7, 11) is 0. The minimum absolute atomic E-state index is 0.218. The second-order valence-electron chi connectivity index (χ2n) is 4.21. The van der Waals surface area contributed by atoms with Crippen molar-refractivity contribution in [2.24, 2.45) is 5.92 Å². The fourth-order valence-corrected chi connectivity index (χ4v) is 2.00. The van der Waals surface area contributed by atoms with Gasteiger partial charge in [-0.15, -0.1) is 0 Å². The van der Waals surface area contributed by atoms with Crippen molar-refractivity contribution in [3.8, 4) is 0 Å². The molecule has 1 aliphatic heterocycles. The maximum absolute atomic E-state index is 11.9. The quantitative estimate of drug-likeness (QED) is 0.611. The lowest BCUT2D eigenvalue weighted by atomic mass is 9.98. The molecule has 7 nitrogen and oxygen atoms in total. The molecule has 0 aliphatic carbocycles. The third-order valence-corrected chi connectivity index (χ3v) is 2.94. The van der Waals surface area contributed by atoms with Crippen molar-refractivity contribution in [3.63, 3.8) is 0 Å². The Morgan fingerprint density at radius 2 is 2.06 bits per heavy atom. The van der Waals surface area contributed by atoms with Crippen molar-refractivity contribution in [1.82, 2.24) is 5.32 Å². The largest absolute Gasteiger partial charge is 0.481 e. The minimum atomic E-state index is -1.40. The molecule has 1 saturated heterocycles. The maximum atomic E-state index is 11.9. The fraction of sp³-hybridized carbons (Fsp3) is 0.727. The van der Waals surface area contributed by atoms with Gasteiger partial charge in [0, 0.05) is 6.61 Å². The Hall–Kier alpha value is -1.63. The number of nitrogens with one attached hydrogen (secondary N) is 1. The number of amides is 1. The van der Waals surface area contributed by atoms with Crippen LogP contribution in [-0.4, -0.2) is 46.8 Å². The zero-order chi connectivity index (χ0) is 13.7. The molecular formula is C11H17NO6. The predicted molar refractivity (Wildman–Crippen MR) is 60.0 cm³/mol. The molecule has 0 aromatic rings. The van der Waals surface area contributed by atoms with Crippen LogP contribution in [0.1, 0.15) is 26.2 Å². The molecule has 0 spiro atoms. The monoisotopic (exact) mass is 259 g/mol. The van der Waals surface area contributed by atoms with E-state index >= 15 is 0 Å². The van der Waals surface area contributed by atoms with E-state index in [4.69, 9.17) is 14.9 Å². The molecule has 1 heterocycles. The molecule has 1 amide bonds. The van der Waals surface area contributed by atoms with Crippen LogP contribution >= 0.6 is 0 Å². The van der Waals surface area contributed by atoms with E-state index in [1.54, 1.807) is 0 Å². The van der Waals surface area contributed by atoms with Crippen LogP contribution < -0.4 is 5.32 Å². The molecule has 0 aromatic carbocycles. The topological polar surface area (TPSA) is 113 Å². The Morgan fingerprint density at radius 3 is 2.56 bits per heavy atom. The minimum Gasteiger partial charge on any atom is -0.481 e. The van der Waals surface area contributed by atoms with Crippen molar-refractivity contribution < 1.29 is 29.3 Å². The highest BCUT2D eigenvalue weighted by Crippen LogP contribution is 2.23. The first kappa shape index (κ1) is 14.4. The average molecular weight is 259 g/mol. The Balaban J connectivity index is 2.60. The summed E-state index contributed by atoms with van der Waals surface area (Å²) in [6.07, 6.45) is 0.341. The van der Waals surface area contributed by atoms with Crippen LogP contribution in [0.15, 0.2) is 0 Å². The Morgan fingerprint density at radius 1 is 1.39 bits per heavy atom. The highest BCUT2D eigenvalue weighted by molar-refractivity contribution is 5.88. The van der Waals surface area contributed by atoms with Gasteiger partial charge < -0.3 is 20.3 Å². The van der Waals surface area contributed by atoms with E-state index in [1.807, 2.05) is 6.92 Å². The van der Waals surface area contributed by atoms with Crippen LogP contribution in [0.2, 0.25) is 0 Å². The summed E-state index contributed by atoms with van der Waals surface area (Å²) in [5.74, 6) is -3.46. The number of aliphatic carboxylic acids is 2. The summed E-state index contributed by atoms with van der Waals surface area (Å²) >= 11 is 0. The summed E-state index contributed by atoms with van der Waals surface area (Å²) in [5, 5.41) is 19.7. The van der Waals surface area contributed by atoms with Crippen molar-refractivity contribution >= 4 is 17.8 Å². The van der Waals surface area contributed by atoms with Crippen LogP contribution in [0.4, 0.5) is 0 Å². The van der Waals surface area contributed by atoms with Gasteiger partial charge in [0.15, 0.2) is 0 Å². The van der Waals surface area contributed by atoms with Gasteiger partial charge in [-0.25, -0.2) is 4.79 Å². The van der Waals surface area contributed by atoms with Gasteiger partial charge in [0.1, 0.15) is 6.04 Å². The van der Waals surface area contributed by atoms with Crippen LogP contribution in [-0.2, 0) is 19.1 Å². The summed E-state index contributed by atoms with van der Waals surface area (Å²) < 4.78 is 5.33. The maximum Gasteiger partial charge on any atom is 0.326 e. The normalized spacial score (nSPS) is 24.5. The van der Waals surface area contributed by atoms with E-state index in [2.05, 4.69) is 5.32 Å². The SMILES string of the molecule is CCC1OCCC1C(=O)N[C@H](CC(=O)O)C(=O)O. The van der Waals surface area contributed by atoms with Gasteiger partial charge in [-0.3, -0.25) is 9.59 Å². The molecule has 0 bridgehead atoms. The number of carboxylic acid groups (broad SMARTS) is 2. The summed E-state index contributed by atoms with van der Waals surface area (Å²) in [6.45, 7) is 2.34. The lowest BCUT2D eigenvalue weighted by molar-refractivity contribution is -0.147. The third-order valence-electron chi connectivity index (χ3n) is 2.94. The molecule has 2 unspecified atom stereocenters. The molecule has 102 valence electrons. The van der Waals surface area contributed by atoms with Crippen molar-refractivity contribution in [2.75, 3.05) is 6.61 Å². The van der Waals surface area contributed by atoms with Gasteiger partial charge in [0.05, 0.1) is 18.4 Å². The van der Waals surface area contributed by atoms with Gasteiger partial charge in [-0.2, -0.15) is 0 Å². The molecule has 3 atom stereocenters. The first-order valence-electron chi connectivity index (χ1n) is 5.82. The molecule has 7 heteroatoms. The molecule has 0 saturated carbocycles. The van der Waals surface area contributed by atoms with Gasteiger partial charge in [-0.1, -0.05) is 6.92 Å². The van der Waals surface area contributed by atoms with E-state index in [0.29, 0.717) is 19.4 Å². The third kappa shape index (κ3) is 3.69. The van der Waals surface area contributed by atoms with E-state index in [9.17, 15) is 14.4 Å². The van der Waals surface area contributed by atoms with E-state index < -0.39 is 36.2 Å². The Labute approximate surface area is 104 Å². The first-order valence-corrected chi connectivity index (χ1v) is 5.82. The summed E-state index contributed by atoms with van der Waals surface area (Å²) in [5.41, 5.74) is 0. The standard InChI is InChI=1S/C11H17NO6/c1-2-8-6(3-4-18-8)10(15)12-7(11(16)17)5-9(13)14/h6-8H,2-5H2,1H3,(H,12,15)(H,13,14)(H,16,17)/t6?,7-,8?/m1/s1. The number of carbonyl (C=O) groups is 3. The lowest BCUT2D eigenvalue weighted by Crippen LogP contribution is -2.46. The van der Waals surface area contributed by atoms with E-state index in [-0.39, 0.29) is 6.10 Å². The fourth-order valence-electron chi connectivity index (χ4n) is 2.00. The molecule has 0 aromatic heterocycles. The van der Waals surface area contributed by atoms with Gasteiger partial charge in [0.25, 0.3) is 0 Å². The molecule has 0 radical (unpaired) electrons. The average Bonchev–Trinajstić information content (AvgIpc) is 2.75. The zero-order valence-corrected chi connectivity index (χ0v) is 10.1. The van der Waals surface area contributed by atoms with E-state index in [0.717, 1.165) is 0 Å². The van der Waals surface area contributed by atoms with Crippen molar-refractivity contribution in [1.29, 1.82) is 0 Å². The number of hydrogen-bond acceptors (Lipinski definition) is 4. The number of carboxylic acids is 2. The number of carbonyl (C=O) groups excluding carboxylic acids is 1. The van der Waals surface area contributed by atoms with Crippen LogP contribution in [0.25, 0.3) is 0 Å². The zero-order valence-electron chi connectivity index (χ0n) is 10.1. The van der Waals surface area contributed by atoms with Gasteiger partial charge in [0.2, 0.25) is 5.91 Å². The molecule has 18 heavy (non-hydrogen) atoms. The molecule has 3 N–H and O–H groups in total. The molecule has 1 fully saturated rings. The number of ether oxygens (including phenoxy) is 1. The van der Waals surface area contributed by atoms with Gasteiger partial charge >= 0.3 is 11.9 Å². The second-order valence-corrected chi connectivity index (χ2v) is 4.21. The van der Waals surface area contributed by atoms with Crippen molar-refractivity contribution in [2.45, 2.75) is 38.3 Å².